The van der Waals surface area contributed by atoms with Gasteiger partial charge in [0.15, 0.2) is 0 Å². The Bertz CT molecular complexity index is 698. The van der Waals surface area contributed by atoms with Crippen LogP contribution >= 0.6 is 23.4 Å². The van der Waals surface area contributed by atoms with Crippen molar-refractivity contribution in [3.05, 3.63) is 47.5 Å². The number of aliphatic hydroxyl groups excluding tert-OH is 2. The highest BCUT2D eigenvalue weighted by molar-refractivity contribution is 7.99. The maximum atomic E-state index is 11.2. The third-order valence-electron chi connectivity index (χ3n) is 5.67. The number of alkyl halides is 1. The number of thioether (sulfide) groups is 1. The molecule has 1 aromatic carbocycles. The average molecular weight is 471 g/mol. The van der Waals surface area contributed by atoms with E-state index in [1.54, 1.807) is 24.9 Å². The quantitative estimate of drug-likeness (QED) is 0.196. The summed E-state index contributed by atoms with van der Waals surface area (Å²) in [5, 5.41) is 20.9. The van der Waals surface area contributed by atoms with E-state index in [9.17, 15) is 15.0 Å². The number of rotatable bonds is 13. The van der Waals surface area contributed by atoms with Crippen molar-refractivity contribution < 1.29 is 24.5 Å². The van der Waals surface area contributed by atoms with Crippen molar-refractivity contribution in [3.63, 3.8) is 0 Å². The minimum Gasteiger partial charge on any atom is -0.469 e. The second-order valence-corrected chi connectivity index (χ2v) is 9.84. The molecular formula is C24H35ClO5S. The number of ether oxygens (including phenoxy) is 2. The molecule has 1 aliphatic carbocycles. The lowest BCUT2D eigenvalue weighted by Crippen LogP contribution is -2.20. The molecule has 0 radical (unpaired) electrons. The number of aliphatic hydroxyl groups is 2. The van der Waals surface area contributed by atoms with Crippen molar-refractivity contribution in [1.29, 1.82) is 0 Å². The van der Waals surface area contributed by atoms with Gasteiger partial charge in [-0.15, -0.1) is 11.6 Å². The molecule has 5 atom stereocenters. The molecule has 7 heteroatoms. The summed E-state index contributed by atoms with van der Waals surface area (Å²) in [5.41, 5.74) is 2.13. The van der Waals surface area contributed by atoms with E-state index < -0.39 is 12.2 Å². The number of hydrogen-bond acceptors (Lipinski definition) is 6. The highest BCUT2D eigenvalue weighted by Crippen LogP contribution is 2.39. The number of methoxy groups -OCH3 is 2. The lowest BCUT2D eigenvalue weighted by Gasteiger charge is -2.21. The summed E-state index contributed by atoms with van der Waals surface area (Å²) < 4.78 is 9.82. The molecule has 0 spiro atoms. The Morgan fingerprint density at radius 2 is 2.10 bits per heavy atom. The largest absolute Gasteiger partial charge is 0.469 e. The van der Waals surface area contributed by atoms with Crippen LogP contribution in [-0.4, -0.2) is 59.5 Å². The summed E-state index contributed by atoms with van der Waals surface area (Å²) in [6.07, 6.45) is 5.88. The molecule has 174 valence electrons. The van der Waals surface area contributed by atoms with Crippen LogP contribution in [0.25, 0.3) is 0 Å². The van der Waals surface area contributed by atoms with E-state index in [0.717, 1.165) is 35.5 Å². The van der Waals surface area contributed by atoms with Crippen LogP contribution in [-0.2, 0) is 27.3 Å². The molecule has 1 saturated carbocycles. The minimum atomic E-state index is -0.618. The van der Waals surface area contributed by atoms with Gasteiger partial charge in [0.05, 0.1) is 25.9 Å². The van der Waals surface area contributed by atoms with Gasteiger partial charge in [-0.3, -0.25) is 4.79 Å². The number of carbonyl (C=O) groups excluding carboxylic acids is 1. The van der Waals surface area contributed by atoms with Gasteiger partial charge < -0.3 is 19.7 Å². The zero-order valence-corrected chi connectivity index (χ0v) is 20.0. The Morgan fingerprint density at radius 3 is 2.84 bits per heavy atom. The van der Waals surface area contributed by atoms with E-state index in [1.165, 1.54) is 7.11 Å². The van der Waals surface area contributed by atoms with Gasteiger partial charge in [0, 0.05) is 31.2 Å². The van der Waals surface area contributed by atoms with Gasteiger partial charge in [-0.2, -0.15) is 11.8 Å². The number of carbonyl (C=O) groups is 1. The van der Waals surface area contributed by atoms with Crippen molar-refractivity contribution >= 4 is 29.3 Å². The van der Waals surface area contributed by atoms with Gasteiger partial charge in [-0.1, -0.05) is 36.4 Å². The van der Waals surface area contributed by atoms with Gasteiger partial charge in [0.2, 0.25) is 0 Å². The molecule has 2 N–H and O–H groups in total. The van der Waals surface area contributed by atoms with Crippen molar-refractivity contribution in [2.45, 2.75) is 56.3 Å². The topological polar surface area (TPSA) is 76.0 Å². The first kappa shape index (κ1) is 26.2. The second-order valence-electron chi connectivity index (χ2n) is 8.05. The first-order chi connectivity index (χ1) is 14.9. The molecule has 31 heavy (non-hydrogen) atoms. The fourth-order valence-electron chi connectivity index (χ4n) is 4.05. The zero-order chi connectivity index (χ0) is 22.6. The van der Waals surface area contributed by atoms with E-state index in [-0.39, 0.29) is 23.2 Å². The summed E-state index contributed by atoms with van der Waals surface area (Å²) in [4.78, 5) is 11.2. The molecule has 2 rings (SSSR count). The predicted molar refractivity (Wildman–Crippen MR) is 126 cm³/mol. The molecule has 1 fully saturated rings. The first-order valence-corrected chi connectivity index (χ1v) is 12.4. The van der Waals surface area contributed by atoms with E-state index in [2.05, 4.69) is 4.74 Å². The normalized spacial score (nSPS) is 24.5. The molecule has 5 nitrogen and oxygen atoms in total. The Morgan fingerprint density at radius 1 is 1.32 bits per heavy atom. The van der Waals surface area contributed by atoms with Crippen LogP contribution in [0.2, 0.25) is 0 Å². The average Bonchev–Trinajstić information content (AvgIpc) is 3.01. The van der Waals surface area contributed by atoms with E-state index in [0.29, 0.717) is 25.9 Å². The van der Waals surface area contributed by atoms with Crippen LogP contribution in [0, 0.1) is 11.8 Å². The van der Waals surface area contributed by atoms with Crippen LogP contribution in [0.5, 0.6) is 0 Å². The van der Waals surface area contributed by atoms with E-state index in [1.807, 2.05) is 30.3 Å². The van der Waals surface area contributed by atoms with Crippen molar-refractivity contribution in [2.75, 3.05) is 25.7 Å². The molecule has 0 heterocycles. The van der Waals surface area contributed by atoms with Gasteiger partial charge >= 0.3 is 5.97 Å². The van der Waals surface area contributed by atoms with Crippen molar-refractivity contribution in [1.82, 2.24) is 0 Å². The van der Waals surface area contributed by atoms with Crippen LogP contribution in [0.1, 0.15) is 36.8 Å². The summed E-state index contributed by atoms with van der Waals surface area (Å²) in [6, 6.07) is 8.01. The smallest absolute Gasteiger partial charge is 0.305 e. The molecular weight excluding hydrogens is 436 g/mol. The number of esters is 1. The Kier molecular flexibility index (Phi) is 12.0. The molecule has 0 bridgehead atoms. The van der Waals surface area contributed by atoms with Crippen LogP contribution in [0.15, 0.2) is 36.4 Å². The Labute approximate surface area is 195 Å². The SMILES string of the molecule is COCc1cccc(CC(O)/C=C/C2C(O)CC(Cl)C2CCSCCCC(=O)OC)c1. The Balaban J connectivity index is 1.82. The molecule has 0 aromatic heterocycles. The highest BCUT2D eigenvalue weighted by Gasteiger charge is 2.39. The molecule has 5 unspecified atom stereocenters. The van der Waals surface area contributed by atoms with Crippen LogP contribution in [0.3, 0.4) is 0 Å². The van der Waals surface area contributed by atoms with Gasteiger partial charge in [-0.05, 0) is 47.8 Å². The highest BCUT2D eigenvalue weighted by atomic mass is 35.5. The zero-order valence-electron chi connectivity index (χ0n) is 18.4. The van der Waals surface area contributed by atoms with Crippen molar-refractivity contribution in [3.8, 4) is 0 Å². The standard InChI is InChI=1S/C24H35ClO5S/c1-29-16-18-6-3-5-17(13-18)14-19(26)8-9-21-20(22(25)15-23(21)27)10-12-31-11-4-7-24(28)30-2/h3,5-6,8-9,13,19-23,26-27H,4,7,10-12,14-16H2,1-2H3/b9-8+. The fraction of sp³-hybridized carbons (Fsp3) is 0.625. The first-order valence-electron chi connectivity index (χ1n) is 10.8. The molecule has 0 aliphatic heterocycles. The van der Waals surface area contributed by atoms with Gasteiger partial charge in [-0.25, -0.2) is 0 Å². The van der Waals surface area contributed by atoms with E-state index in [4.69, 9.17) is 16.3 Å². The predicted octanol–water partition coefficient (Wildman–Crippen LogP) is 3.97. The lowest BCUT2D eigenvalue weighted by molar-refractivity contribution is -0.140. The minimum absolute atomic E-state index is 0.0485. The monoisotopic (exact) mass is 470 g/mol. The van der Waals surface area contributed by atoms with E-state index >= 15 is 0 Å². The van der Waals surface area contributed by atoms with Crippen molar-refractivity contribution in [2.24, 2.45) is 11.8 Å². The maximum Gasteiger partial charge on any atom is 0.305 e. The molecule has 0 amide bonds. The number of halogens is 1. The third kappa shape index (κ3) is 9.15. The van der Waals surface area contributed by atoms with Gasteiger partial charge in [0.1, 0.15) is 0 Å². The van der Waals surface area contributed by atoms with Crippen LogP contribution in [0.4, 0.5) is 0 Å². The van der Waals surface area contributed by atoms with Crippen LogP contribution < -0.4 is 0 Å². The summed E-state index contributed by atoms with van der Waals surface area (Å²) in [5.74, 6) is 1.79. The Hall–Kier alpha value is -1.05. The molecule has 0 saturated heterocycles. The maximum absolute atomic E-state index is 11.2. The second kappa shape index (κ2) is 14.2. The summed E-state index contributed by atoms with van der Waals surface area (Å²) >= 11 is 8.32. The summed E-state index contributed by atoms with van der Waals surface area (Å²) in [6.45, 7) is 0.549. The summed E-state index contributed by atoms with van der Waals surface area (Å²) in [7, 11) is 3.07. The lowest BCUT2D eigenvalue weighted by atomic mass is 9.91. The number of hydrogen-bond donors (Lipinski definition) is 2. The molecule has 1 aromatic rings. The number of benzene rings is 1. The third-order valence-corrected chi connectivity index (χ3v) is 7.27. The fourth-order valence-corrected chi connectivity index (χ4v) is 5.52. The van der Waals surface area contributed by atoms with Gasteiger partial charge in [0.25, 0.3) is 0 Å². The molecule has 1 aliphatic rings.